The minimum absolute atomic E-state index is 0.169. The number of nitrogens with one attached hydrogen (secondary N) is 3. The lowest BCUT2D eigenvalue weighted by molar-refractivity contribution is 0.0965. The molecule has 2 amide bonds. The first-order chi connectivity index (χ1) is 13.5. The van der Waals surface area contributed by atoms with Gasteiger partial charge in [0.2, 0.25) is 11.9 Å². The number of aliphatic imine (C=N–C) groups is 1. The van der Waals surface area contributed by atoms with E-state index in [2.05, 4.69) is 30.2 Å². The zero-order valence-electron chi connectivity index (χ0n) is 14.2. The molecule has 0 saturated carbocycles. The van der Waals surface area contributed by atoms with Crippen molar-refractivity contribution in [3.05, 3.63) is 21.7 Å². The summed E-state index contributed by atoms with van der Waals surface area (Å²) in [6.45, 7) is 0. The van der Waals surface area contributed by atoms with Gasteiger partial charge in [-0.2, -0.15) is 4.99 Å². The van der Waals surface area contributed by atoms with Gasteiger partial charge in [-0.1, -0.05) is 23.2 Å². The molecule has 0 bridgehead atoms. The van der Waals surface area contributed by atoms with Crippen LogP contribution in [0.25, 0.3) is 0 Å². The first-order valence-corrected chi connectivity index (χ1v) is 7.97. The number of hydrogen-bond acceptors (Lipinski definition) is 11. The van der Waals surface area contributed by atoms with Gasteiger partial charge in [0.1, 0.15) is 0 Å². The van der Waals surface area contributed by atoms with Gasteiger partial charge in [-0.05, 0) is 0 Å². The van der Waals surface area contributed by atoms with E-state index in [1.807, 2.05) is 5.32 Å². The summed E-state index contributed by atoms with van der Waals surface area (Å²) in [5, 5.41) is 11.2. The molecule has 0 aliphatic heterocycles. The first-order valence-electron chi connectivity index (χ1n) is 7.22. The van der Waals surface area contributed by atoms with Crippen molar-refractivity contribution >= 4 is 70.2 Å². The van der Waals surface area contributed by atoms with Crippen molar-refractivity contribution < 1.29 is 9.59 Å². The molecule has 0 radical (unpaired) electrons. The standard InChI is InChI=1S/C12H13Cl2N13O2/c13-3-7(17)23-5(15)1(21-3)9(28)25-11(19)27-12(20)26-10(29)2-6(16)24-8(18)4(14)22-2/h(H4,15,17,23)(H4,16,18,24)(H5,19,20,25,26,27,28,29). The highest BCUT2D eigenvalue weighted by molar-refractivity contribution is 6.32. The van der Waals surface area contributed by atoms with Gasteiger partial charge in [0.05, 0.1) is 0 Å². The molecule has 0 unspecified atom stereocenters. The number of halogens is 2. The molecule has 0 spiro atoms. The number of nitrogen functional groups attached to an aromatic ring is 4. The zero-order valence-corrected chi connectivity index (χ0v) is 15.7. The number of amides is 2. The van der Waals surface area contributed by atoms with Gasteiger partial charge in [-0.25, -0.2) is 19.9 Å². The van der Waals surface area contributed by atoms with Gasteiger partial charge in [-0.15, -0.1) is 0 Å². The molecule has 0 aromatic carbocycles. The molecule has 13 N–H and O–H groups in total. The normalized spacial score (nSPS) is 11.0. The molecular formula is C12H13Cl2N13O2. The van der Waals surface area contributed by atoms with Crippen molar-refractivity contribution in [2.24, 2.45) is 10.7 Å². The van der Waals surface area contributed by atoms with E-state index in [0.717, 1.165) is 0 Å². The fraction of sp³-hybridized carbons (Fsp3) is 0. The average molecular weight is 442 g/mol. The SMILES string of the molecule is N=C(/N=C(/N)NC(=O)c1nc(Cl)c(N)nc1N)NC(=O)c1nc(Cl)c(N)nc1N. The Bertz CT molecular complexity index is 1050. The predicted octanol–water partition coefficient (Wildman–Crippen LogP) is -1.69. The number of carbonyl (C=O) groups is 2. The topological polar surface area (TPSA) is 276 Å². The van der Waals surface area contributed by atoms with Crippen molar-refractivity contribution in [2.45, 2.75) is 0 Å². The van der Waals surface area contributed by atoms with Crippen LogP contribution in [-0.4, -0.2) is 43.7 Å². The maximum absolute atomic E-state index is 12.1. The van der Waals surface area contributed by atoms with Gasteiger partial charge >= 0.3 is 0 Å². The molecule has 0 aliphatic rings. The summed E-state index contributed by atoms with van der Waals surface area (Å²) in [5.41, 5.74) is 26.6. The molecule has 2 aromatic rings. The molecule has 0 aliphatic carbocycles. The molecule has 2 rings (SSSR count). The molecule has 15 nitrogen and oxygen atoms in total. The number of anilines is 4. The zero-order chi connectivity index (χ0) is 21.9. The fourth-order valence-corrected chi connectivity index (χ4v) is 1.99. The summed E-state index contributed by atoms with van der Waals surface area (Å²) in [7, 11) is 0. The number of carbonyl (C=O) groups excluding carboxylic acids is 2. The molecule has 2 heterocycles. The van der Waals surface area contributed by atoms with Crippen molar-refractivity contribution in [1.29, 1.82) is 5.41 Å². The van der Waals surface area contributed by atoms with Crippen LogP contribution in [0.5, 0.6) is 0 Å². The number of aromatic nitrogens is 4. The van der Waals surface area contributed by atoms with E-state index >= 15 is 0 Å². The summed E-state index contributed by atoms with van der Waals surface area (Å²) < 4.78 is 0. The number of guanidine groups is 2. The van der Waals surface area contributed by atoms with Gasteiger partial charge in [0, 0.05) is 0 Å². The number of nitrogens with two attached hydrogens (primary N) is 5. The van der Waals surface area contributed by atoms with Crippen LogP contribution < -0.4 is 39.3 Å². The van der Waals surface area contributed by atoms with E-state index in [1.165, 1.54) is 0 Å². The van der Waals surface area contributed by atoms with E-state index in [-0.39, 0.29) is 39.3 Å². The second-order valence-corrected chi connectivity index (χ2v) is 5.74. The number of hydrogen-bond donors (Lipinski definition) is 8. The lowest BCUT2D eigenvalue weighted by atomic mass is 10.4. The molecule has 0 fully saturated rings. The van der Waals surface area contributed by atoms with Crippen LogP contribution in [0, 0.1) is 5.41 Å². The molecule has 0 saturated heterocycles. The van der Waals surface area contributed by atoms with Crippen LogP contribution in [0.2, 0.25) is 10.3 Å². The van der Waals surface area contributed by atoms with E-state index in [1.54, 1.807) is 0 Å². The van der Waals surface area contributed by atoms with Gasteiger partial charge < -0.3 is 28.7 Å². The smallest absolute Gasteiger partial charge is 0.280 e. The Morgan fingerprint density at radius 1 is 0.793 bits per heavy atom. The van der Waals surface area contributed by atoms with Crippen LogP contribution in [0.4, 0.5) is 23.3 Å². The molecule has 17 heteroatoms. The Morgan fingerprint density at radius 2 is 1.21 bits per heavy atom. The summed E-state index contributed by atoms with van der Waals surface area (Å²) in [4.78, 5) is 42.2. The fourth-order valence-electron chi connectivity index (χ4n) is 1.74. The van der Waals surface area contributed by atoms with Crippen molar-refractivity contribution in [2.75, 3.05) is 22.9 Å². The Morgan fingerprint density at radius 3 is 1.66 bits per heavy atom. The number of rotatable bonds is 2. The molecule has 29 heavy (non-hydrogen) atoms. The Balaban J connectivity index is 2.09. The highest BCUT2D eigenvalue weighted by Crippen LogP contribution is 2.18. The lowest BCUT2D eigenvalue weighted by Crippen LogP contribution is -2.40. The minimum atomic E-state index is -0.967. The summed E-state index contributed by atoms with van der Waals surface area (Å²) in [6, 6.07) is 0. The predicted molar refractivity (Wildman–Crippen MR) is 106 cm³/mol. The second kappa shape index (κ2) is 8.36. The molecule has 152 valence electrons. The van der Waals surface area contributed by atoms with E-state index in [4.69, 9.17) is 57.3 Å². The van der Waals surface area contributed by atoms with Crippen LogP contribution in [-0.2, 0) is 0 Å². The molecular weight excluding hydrogens is 429 g/mol. The van der Waals surface area contributed by atoms with Crippen LogP contribution >= 0.6 is 23.2 Å². The Labute approximate surface area is 171 Å². The maximum Gasteiger partial charge on any atom is 0.280 e. The van der Waals surface area contributed by atoms with Crippen molar-refractivity contribution in [3.63, 3.8) is 0 Å². The third-order valence-corrected chi connectivity index (χ3v) is 3.50. The van der Waals surface area contributed by atoms with Gasteiger partial charge in [0.25, 0.3) is 11.8 Å². The Hall–Kier alpha value is -3.98. The lowest BCUT2D eigenvalue weighted by Gasteiger charge is -2.08. The third-order valence-electron chi connectivity index (χ3n) is 2.95. The minimum Gasteiger partial charge on any atom is -0.382 e. The molecule has 0 atom stereocenters. The number of nitrogens with zero attached hydrogens (tertiary/aromatic N) is 5. The van der Waals surface area contributed by atoms with Crippen LogP contribution in [0.3, 0.4) is 0 Å². The Kier molecular flexibility index (Phi) is 6.15. The van der Waals surface area contributed by atoms with Crippen molar-refractivity contribution in [3.8, 4) is 0 Å². The van der Waals surface area contributed by atoms with E-state index < -0.39 is 29.4 Å². The summed E-state index contributed by atoms with van der Waals surface area (Å²) in [5.74, 6) is -4.22. The monoisotopic (exact) mass is 441 g/mol. The third kappa shape index (κ3) is 5.05. The van der Waals surface area contributed by atoms with Crippen LogP contribution in [0.15, 0.2) is 4.99 Å². The quantitative estimate of drug-likeness (QED) is 0.192. The van der Waals surface area contributed by atoms with E-state index in [0.29, 0.717) is 0 Å². The summed E-state index contributed by atoms with van der Waals surface area (Å²) >= 11 is 11.4. The summed E-state index contributed by atoms with van der Waals surface area (Å²) in [6.07, 6.45) is 0. The van der Waals surface area contributed by atoms with Crippen LogP contribution in [0.1, 0.15) is 21.0 Å². The molecule has 2 aromatic heterocycles. The largest absolute Gasteiger partial charge is 0.382 e. The maximum atomic E-state index is 12.1. The van der Waals surface area contributed by atoms with Gasteiger partial charge in [-0.3, -0.25) is 25.6 Å². The highest BCUT2D eigenvalue weighted by Gasteiger charge is 2.19. The van der Waals surface area contributed by atoms with E-state index in [9.17, 15) is 9.59 Å². The first kappa shape index (κ1) is 21.3. The second-order valence-electron chi connectivity index (χ2n) is 5.02. The highest BCUT2D eigenvalue weighted by atomic mass is 35.5. The average Bonchev–Trinajstić information content (AvgIpc) is 2.60. The van der Waals surface area contributed by atoms with Gasteiger partial charge in [0.15, 0.2) is 45.0 Å². The van der Waals surface area contributed by atoms with Crippen molar-refractivity contribution in [1.82, 2.24) is 30.6 Å².